The van der Waals surface area contributed by atoms with Crippen LogP contribution in [0.3, 0.4) is 0 Å². The van der Waals surface area contributed by atoms with E-state index in [0.29, 0.717) is 31.8 Å². The first-order valence-corrected chi connectivity index (χ1v) is 8.54. The average Bonchev–Trinajstić information content (AvgIpc) is 3.16. The molecule has 0 unspecified atom stereocenters. The number of carbonyl (C=O) groups excluding carboxylic acids is 2. The summed E-state index contributed by atoms with van der Waals surface area (Å²) in [5, 5.41) is 2.95. The number of rotatable bonds is 5. The van der Waals surface area contributed by atoms with E-state index in [1.54, 1.807) is 17.0 Å². The highest BCUT2D eigenvalue weighted by Gasteiger charge is 2.23. The van der Waals surface area contributed by atoms with Gasteiger partial charge in [-0.05, 0) is 30.7 Å². The zero-order valence-electron chi connectivity index (χ0n) is 14.4. The van der Waals surface area contributed by atoms with E-state index >= 15 is 0 Å². The van der Waals surface area contributed by atoms with Gasteiger partial charge in [-0.1, -0.05) is 18.2 Å². The molecule has 25 heavy (non-hydrogen) atoms. The quantitative estimate of drug-likeness (QED) is 0.907. The van der Waals surface area contributed by atoms with E-state index in [1.807, 2.05) is 31.2 Å². The van der Waals surface area contributed by atoms with Gasteiger partial charge in [-0.25, -0.2) is 0 Å². The molecule has 1 fully saturated rings. The van der Waals surface area contributed by atoms with Gasteiger partial charge in [-0.15, -0.1) is 0 Å². The Hall–Kier alpha value is -2.60. The second-order valence-electron chi connectivity index (χ2n) is 6.22. The van der Waals surface area contributed by atoms with Gasteiger partial charge in [0.1, 0.15) is 0 Å². The van der Waals surface area contributed by atoms with Crippen LogP contribution in [0, 0.1) is 6.92 Å². The molecular weight excluding hydrogens is 318 g/mol. The van der Waals surface area contributed by atoms with Gasteiger partial charge in [-0.2, -0.15) is 0 Å². The third-order valence-corrected chi connectivity index (χ3v) is 4.47. The lowest BCUT2D eigenvalue weighted by atomic mass is 10.2. The van der Waals surface area contributed by atoms with E-state index in [9.17, 15) is 9.59 Å². The molecule has 2 amide bonds. The first-order valence-electron chi connectivity index (χ1n) is 8.54. The lowest BCUT2D eigenvalue weighted by Crippen LogP contribution is -2.49. The van der Waals surface area contributed by atoms with Crippen molar-refractivity contribution in [2.75, 3.05) is 38.0 Å². The number of nitrogens with one attached hydrogen (secondary N) is 1. The van der Waals surface area contributed by atoms with E-state index < -0.39 is 0 Å². The van der Waals surface area contributed by atoms with Crippen LogP contribution in [0.5, 0.6) is 0 Å². The van der Waals surface area contributed by atoms with Crippen LogP contribution in [0.15, 0.2) is 47.1 Å². The summed E-state index contributed by atoms with van der Waals surface area (Å²) in [7, 11) is 0. The van der Waals surface area contributed by atoms with Gasteiger partial charge < -0.3 is 14.6 Å². The number of carbonyl (C=O) groups is 2. The lowest BCUT2D eigenvalue weighted by molar-refractivity contribution is -0.116. The molecule has 6 heteroatoms. The van der Waals surface area contributed by atoms with Crippen molar-refractivity contribution in [3.05, 3.63) is 54.0 Å². The molecule has 2 aromatic rings. The standard InChI is InChI=1S/C19H23N3O3/c1-15-5-2-3-6-16(15)20-18(23)8-9-21-10-12-22(13-11-21)19(24)17-7-4-14-25-17/h2-7,14H,8-13H2,1H3,(H,20,23). The summed E-state index contributed by atoms with van der Waals surface area (Å²) in [5.41, 5.74) is 1.92. The molecule has 0 atom stereocenters. The van der Waals surface area contributed by atoms with E-state index in [1.165, 1.54) is 6.26 Å². The Balaban J connectivity index is 1.41. The molecule has 1 aromatic heterocycles. The minimum atomic E-state index is -0.0676. The van der Waals surface area contributed by atoms with Gasteiger partial charge in [-0.3, -0.25) is 14.5 Å². The van der Waals surface area contributed by atoms with Gasteiger partial charge in [0.2, 0.25) is 5.91 Å². The highest BCUT2D eigenvalue weighted by atomic mass is 16.3. The lowest BCUT2D eigenvalue weighted by Gasteiger charge is -2.34. The van der Waals surface area contributed by atoms with E-state index in [2.05, 4.69) is 10.2 Å². The Labute approximate surface area is 147 Å². The van der Waals surface area contributed by atoms with Crippen molar-refractivity contribution in [2.24, 2.45) is 0 Å². The topological polar surface area (TPSA) is 65.8 Å². The predicted molar refractivity (Wildman–Crippen MR) is 95.5 cm³/mol. The van der Waals surface area contributed by atoms with Crippen LogP contribution in [0.25, 0.3) is 0 Å². The van der Waals surface area contributed by atoms with Crippen LogP contribution in [-0.4, -0.2) is 54.3 Å². The molecule has 1 aromatic carbocycles. The molecule has 1 aliphatic rings. The molecule has 6 nitrogen and oxygen atoms in total. The molecule has 132 valence electrons. The highest BCUT2D eigenvalue weighted by Crippen LogP contribution is 2.14. The number of hydrogen-bond donors (Lipinski definition) is 1. The second kappa shape index (κ2) is 7.98. The van der Waals surface area contributed by atoms with Crippen molar-refractivity contribution in [1.29, 1.82) is 0 Å². The molecule has 0 radical (unpaired) electrons. The molecule has 3 rings (SSSR count). The minimum Gasteiger partial charge on any atom is -0.459 e. The molecule has 0 saturated carbocycles. The Kier molecular flexibility index (Phi) is 5.50. The van der Waals surface area contributed by atoms with Crippen molar-refractivity contribution >= 4 is 17.5 Å². The van der Waals surface area contributed by atoms with Gasteiger partial charge in [0, 0.05) is 44.8 Å². The maximum atomic E-state index is 12.2. The summed E-state index contributed by atoms with van der Waals surface area (Å²) >= 11 is 0. The Morgan fingerprint density at radius 1 is 1.08 bits per heavy atom. The number of piperazine rings is 1. The van der Waals surface area contributed by atoms with Crippen LogP contribution in [-0.2, 0) is 4.79 Å². The molecular formula is C19H23N3O3. The second-order valence-corrected chi connectivity index (χ2v) is 6.22. The minimum absolute atomic E-state index is 0.0170. The number of amides is 2. The summed E-state index contributed by atoms with van der Waals surface area (Å²) in [6, 6.07) is 11.2. The number of furan rings is 1. The summed E-state index contributed by atoms with van der Waals surface area (Å²) in [6.45, 7) is 5.51. The van der Waals surface area contributed by atoms with Crippen molar-refractivity contribution < 1.29 is 14.0 Å². The third-order valence-electron chi connectivity index (χ3n) is 4.47. The first-order chi connectivity index (χ1) is 12.1. The Morgan fingerprint density at radius 3 is 2.52 bits per heavy atom. The van der Waals surface area contributed by atoms with Crippen LogP contribution < -0.4 is 5.32 Å². The fourth-order valence-corrected chi connectivity index (χ4v) is 2.92. The number of hydrogen-bond acceptors (Lipinski definition) is 4. The SMILES string of the molecule is Cc1ccccc1NC(=O)CCN1CCN(C(=O)c2ccco2)CC1. The van der Waals surface area contributed by atoms with E-state index in [0.717, 1.165) is 24.3 Å². The van der Waals surface area contributed by atoms with Crippen molar-refractivity contribution in [3.8, 4) is 0 Å². The molecule has 1 aliphatic heterocycles. The predicted octanol–water partition coefficient (Wildman–Crippen LogP) is 2.37. The van der Waals surface area contributed by atoms with Crippen LogP contribution in [0.1, 0.15) is 22.5 Å². The van der Waals surface area contributed by atoms with Crippen LogP contribution in [0.2, 0.25) is 0 Å². The molecule has 1 saturated heterocycles. The van der Waals surface area contributed by atoms with Gasteiger partial charge >= 0.3 is 0 Å². The Bertz CT molecular complexity index is 719. The highest BCUT2D eigenvalue weighted by molar-refractivity contribution is 5.92. The summed E-state index contributed by atoms with van der Waals surface area (Å²) in [5.74, 6) is 0.330. The summed E-state index contributed by atoms with van der Waals surface area (Å²) in [6.07, 6.45) is 1.96. The normalized spacial score (nSPS) is 15.2. The maximum absolute atomic E-state index is 12.2. The number of benzene rings is 1. The smallest absolute Gasteiger partial charge is 0.289 e. The maximum Gasteiger partial charge on any atom is 0.289 e. The molecule has 2 heterocycles. The van der Waals surface area contributed by atoms with Crippen molar-refractivity contribution in [1.82, 2.24) is 9.80 Å². The number of nitrogens with zero attached hydrogens (tertiary/aromatic N) is 2. The Morgan fingerprint density at radius 2 is 1.84 bits per heavy atom. The summed E-state index contributed by atoms with van der Waals surface area (Å²) in [4.78, 5) is 28.3. The summed E-state index contributed by atoms with van der Waals surface area (Å²) < 4.78 is 5.16. The molecule has 0 aliphatic carbocycles. The third kappa shape index (κ3) is 4.48. The van der Waals surface area contributed by atoms with E-state index in [-0.39, 0.29) is 11.8 Å². The zero-order valence-corrected chi connectivity index (χ0v) is 14.4. The molecule has 1 N–H and O–H groups in total. The van der Waals surface area contributed by atoms with Crippen molar-refractivity contribution in [3.63, 3.8) is 0 Å². The fraction of sp³-hybridized carbons (Fsp3) is 0.368. The van der Waals surface area contributed by atoms with Crippen LogP contribution in [0.4, 0.5) is 5.69 Å². The monoisotopic (exact) mass is 341 g/mol. The van der Waals surface area contributed by atoms with Crippen LogP contribution >= 0.6 is 0 Å². The van der Waals surface area contributed by atoms with Gasteiger partial charge in [0.25, 0.3) is 5.91 Å². The number of para-hydroxylation sites is 1. The van der Waals surface area contributed by atoms with Gasteiger partial charge in [0.15, 0.2) is 5.76 Å². The average molecular weight is 341 g/mol. The molecule has 0 bridgehead atoms. The van der Waals surface area contributed by atoms with Crippen molar-refractivity contribution in [2.45, 2.75) is 13.3 Å². The molecule has 0 spiro atoms. The number of aryl methyl sites for hydroxylation is 1. The van der Waals surface area contributed by atoms with Gasteiger partial charge in [0.05, 0.1) is 6.26 Å². The fourth-order valence-electron chi connectivity index (χ4n) is 2.92. The largest absolute Gasteiger partial charge is 0.459 e. The first kappa shape index (κ1) is 17.2. The number of anilines is 1. The van der Waals surface area contributed by atoms with E-state index in [4.69, 9.17) is 4.42 Å². The zero-order chi connectivity index (χ0) is 17.6.